The summed E-state index contributed by atoms with van der Waals surface area (Å²) in [6.45, 7) is 12.2. The number of hydrogen-bond acceptors (Lipinski definition) is 6. The summed E-state index contributed by atoms with van der Waals surface area (Å²) in [5, 5.41) is 32.3. The molecule has 1 rings (SSSR count). The molecular formula is C88H161NO5. The highest BCUT2D eigenvalue weighted by Crippen LogP contribution is 2.31. The zero-order chi connectivity index (χ0) is 68.1. The van der Waals surface area contributed by atoms with E-state index in [0.717, 1.165) is 129 Å². The van der Waals surface area contributed by atoms with Gasteiger partial charge in [0, 0.05) is 6.61 Å². The molecule has 0 saturated carbocycles. The number of ether oxygens (including phenoxy) is 1. The molecule has 548 valence electrons. The summed E-state index contributed by atoms with van der Waals surface area (Å²) in [5.74, 6) is -0.0881. The maximum Gasteiger partial charge on any atom is 0.320 e. The van der Waals surface area contributed by atoms with E-state index in [1.54, 1.807) is 0 Å². The minimum atomic E-state index is -0.565. The second-order valence-electron chi connectivity index (χ2n) is 28.6. The molecule has 1 fully saturated rings. The fourth-order valence-corrected chi connectivity index (χ4v) is 13.0. The van der Waals surface area contributed by atoms with Gasteiger partial charge in [-0.1, -0.05) is 305 Å². The molecule has 6 nitrogen and oxygen atoms in total. The van der Waals surface area contributed by atoms with Gasteiger partial charge in [-0.15, -0.1) is 0 Å². The van der Waals surface area contributed by atoms with Crippen molar-refractivity contribution in [3.8, 4) is 0 Å². The molecule has 1 aliphatic heterocycles. The van der Waals surface area contributed by atoms with Gasteiger partial charge in [0.15, 0.2) is 0 Å². The topological polar surface area (TPSA) is 90.2 Å². The predicted molar refractivity (Wildman–Crippen MR) is 417 cm³/mol. The van der Waals surface area contributed by atoms with Gasteiger partial charge in [-0.3, -0.25) is 9.69 Å². The highest BCUT2D eigenvalue weighted by atomic mass is 16.5. The van der Waals surface area contributed by atoms with Gasteiger partial charge in [0.25, 0.3) is 0 Å². The first-order valence-corrected chi connectivity index (χ1v) is 41.4. The molecule has 3 N–H and O–H groups in total. The number of carbonyl (C=O) groups excluding carboxylic acids is 1. The first-order valence-electron chi connectivity index (χ1n) is 41.4. The molecule has 0 aromatic carbocycles. The Hall–Kier alpha value is -2.77. The molecule has 0 radical (unpaired) electrons. The quantitative estimate of drug-likeness (QED) is 0.0319. The molecule has 0 unspecified atom stereocenters. The number of hydrogen-bond donors (Lipinski definition) is 3. The molecule has 0 bridgehead atoms. The van der Waals surface area contributed by atoms with Crippen LogP contribution in [-0.2, 0) is 9.53 Å². The van der Waals surface area contributed by atoms with Crippen molar-refractivity contribution in [1.29, 1.82) is 0 Å². The minimum Gasteiger partial charge on any atom is -0.465 e. The third-order valence-corrected chi connectivity index (χ3v) is 19.3. The SMILES string of the molecule is CCCCC/C=C\C/C=C\CCCCCCCCC(O)(CCCCCCCC/C=C\C/C=C\CCCCC)CCCCOC(=O)CN1CCCC1.CCCCC/C=C\C/C=C\CCCCCCCCC(O)(CCCCO)CCCCCCCC/C=C\C/C=C\CCCCC. The summed E-state index contributed by atoms with van der Waals surface area (Å²) < 4.78 is 5.53. The summed E-state index contributed by atoms with van der Waals surface area (Å²) in [7, 11) is 0. The Balaban J connectivity index is 0.00000187. The van der Waals surface area contributed by atoms with Crippen LogP contribution in [0.5, 0.6) is 0 Å². The van der Waals surface area contributed by atoms with Gasteiger partial charge in [-0.2, -0.15) is 0 Å². The van der Waals surface area contributed by atoms with Crippen molar-refractivity contribution in [3.05, 3.63) is 97.2 Å². The Morgan fingerprint density at radius 1 is 0.309 bits per heavy atom. The number of aliphatic hydroxyl groups is 3. The lowest BCUT2D eigenvalue weighted by Crippen LogP contribution is -2.29. The number of rotatable bonds is 71. The lowest BCUT2D eigenvalue weighted by molar-refractivity contribution is -0.144. The van der Waals surface area contributed by atoms with E-state index in [2.05, 4.69) is 130 Å². The van der Waals surface area contributed by atoms with Gasteiger partial charge in [-0.25, -0.2) is 0 Å². The molecule has 1 aliphatic rings. The van der Waals surface area contributed by atoms with Gasteiger partial charge in [0.2, 0.25) is 0 Å². The Morgan fingerprint density at radius 2 is 0.532 bits per heavy atom. The number of unbranched alkanes of at least 4 members (excludes halogenated alkanes) is 38. The number of allylic oxidation sites excluding steroid dienone is 16. The summed E-state index contributed by atoms with van der Waals surface area (Å²) in [4.78, 5) is 14.4. The van der Waals surface area contributed by atoms with Crippen LogP contribution in [0.2, 0.25) is 0 Å². The van der Waals surface area contributed by atoms with Crippen molar-refractivity contribution in [2.45, 2.75) is 424 Å². The molecule has 6 heteroatoms. The van der Waals surface area contributed by atoms with E-state index in [4.69, 9.17) is 4.74 Å². The van der Waals surface area contributed by atoms with Crippen LogP contribution in [0, 0.1) is 0 Å². The molecule has 0 aliphatic carbocycles. The molecule has 1 heterocycles. The minimum absolute atomic E-state index is 0.0881. The van der Waals surface area contributed by atoms with Crippen molar-refractivity contribution in [1.82, 2.24) is 4.90 Å². The first-order chi connectivity index (χ1) is 46.3. The number of likely N-dealkylation sites (tertiary alicyclic amines) is 1. The highest BCUT2D eigenvalue weighted by molar-refractivity contribution is 5.71. The molecular weight excluding hydrogens is 1150 g/mol. The fourth-order valence-electron chi connectivity index (χ4n) is 13.0. The van der Waals surface area contributed by atoms with E-state index >= 15 is 0 Å². The lowest BCUT2D eigenvalue weighted by Gasteiger charge is -2.29. The van der Waals surface area contributed by atoms with Crippen molar-refractivity contribution in [2.75, 3.05) is 32.8 Å². The normalized spacial score (nSPS) is 13.6. The van der Waals surface area contributed by atoms with Gasteiger partial charge in [-0.05, 0) is 219 Å². The predicted octanol–water partition coefficient (Wildman–Crippen LogP) is 27.2. The van der Waals surface area contributed by atoms with Gasteiger partial charge in [0.05, 0.1) is 24.4 Å². The average molecular weight is 1310 g/mol. The molecule has 94 heavy (non-hydrogen) atoms. The molecule has 0 aromatic heterocycles. The third kappa shape index (κ3) is 70.5. The van der Waals surface area contributed by atoms with Crippen LogP contribution in [-0.4, -0.2) is 70.2 Å². The van der Waals surface area contributed by atoms with E-state index in [1.165, 1.54) is 270 Å². The van der Waals surface area contributed by atoms with Crippen LogP contribution in [0.25, 0.3) is 0 Å². The van der Waals surface area contributed by atoms with E-state index < -0.39 is 11.2 Å². The van der Waals surface area contributed by atoms with Crippen molar-refractivity contribution in [2.24, 2.45) is 0 Å². The number of nitrogens with zero attached hydrogens (tertiary/aromatic N) is 1. The Bertz CT molecular complexity index is 1670. The van der Waals surface area contributed by atoms with E-state index in [0.29, 0.717) is 13.2 Å². The molecule has 0 spiro atoms. The molecule has 0 aromatic rings. The van der Waals surface area contributed by atoms with E-state index in [-0.39, 0.29) is 12.6 Å². The highest BCUT2D eigenvalue weighted by Gasteiger charge is 2.26. The summed E-state index contributed by atoms with van der Waals surface area (Å²) >= 11 is 0. The van der Waals surface area contributed by atoms with Crippen LogP contribution in [0.1, 0.15) is 413 Å². The summed E-state index contributed by atoms with van der Waals surface area (Å²) in [6, 6.07) is 0. The molecule has 1 saturated heterocycles. The van der Waals surface area contributed by atoms with E-state index in [9.17, 15) is 20.1 Å². The van der Waals surface area contributed by atoms with Crippen LogP contribution < -0.4 is 0 Å². The average Bonchev–Trinajstić information content (AvgIpc) is 2.31. The third-order valence-electron chi connectivity index (χ3n) is 19.3. The zero-order valence-corrected chi connectivity index (χ0v) is 63.3. The Kier molecular flexibility index (Phi) is 73.8. The number of aliphatic hydroxyl groups excluding tert-OH is 1. The van der Waals surface area contributed by atoms with Crippen LogP contribution in [0.3, 0.4) is 0 Å². The van der Waals surface area contributed by atoms with E-state index in [1.807, 2.05) is 0 Å². The number of carbonyl (C=O) groups is 1. The van der Waals surface area contributed by atoms with Crippen LogP contribution >= 0.6 is 0 Å². The van der Waals surface area contributed by atoms with Crippen LogP contribution in [0.4, 0.5) is 0 Å². The summed E-state index contributed by atoms with van der Waals surface area (Å²) in [6.07, 6.45) is 109. The van der Waals surface area contributed by atoms with Crippen molar-refractivity contribution in [3.63, 3.8) is 0 Å². The number of esters is 1. The maximum absolute atomic E-state index is 12.2. The first kappa shape index (κ1) is 91.2. The molecule has 0 amide bonds. The summed E-state index contributed by atoms with van der Waals surface area (Å²) in [5.41, 5.74) is -1.08. The van der Waals surface area contributed by atoms with Gasteiger partial charge in [0.1, 0.15) is 0 Å². The van der Waals surface area contributed by atoms with Crippen molar-refractivity contribution >= 4 is 5.97 Å². The zero-order valence-electron chi connectivity index (χ0n) is 63.3. The van der Waals surface area contributed by atoms with Crippen LogP contribution in [0.15, 0.2) is 97.2 Å². The Labute approximate surface area is 586 Å². The lowest BCUT2D eigenvalue weighted by atomic mass is 9.85. The molecule has 0 atom stereocenters. The second kappa shape index (κ2) is 76.0. The Morgan fingerprint density at radius 3 is 0.787 bits per heavy atom. The van der Waals surface area contributed by atoms with Gasteiger partial charge < -0.3 is 20.1 Å². The fraction of sp³-hybridized carbons (Fsp3) is 0.807. The second-order valence-corrected chi connectivity index (χ2v) is 28.6. The standard InChI is InChI=1S/C47H85NO3.C41H76O2/c1-3-5-7-9-11-13-15-17-19-21-23-25-27-29-31-33-39-47(50,41-35-38-44-51-46(49)45-48-42-36-37-43-48)40-34-32-30-28-26-24-22-20-18-16-14-12-10-8-6-4-2;1-3-5-7-9-11-13-15-17-19-21-23-25-27-29-31-33-37-41(43,39-35-36-40-42)38-34-32-30-28-26-24-22-20-18-16-14-12-10-8-6-4-2/h11-14,17-20,50H,3-10,15-16,21-45H2,1-2H3;11-14,17-20,42-43H,3-10,15-16,21-40H2,1-2H3/b2*13-11-,14-12-,19-17-,20-18-. The monoisotopic (exact) mass is 1310 g/mol. The maximum atomic E-state index is 12.2. The largest absolute Gasteiger partial charge is 0.465 e. The van der Waals surface area contributed by atoms with Crippen molar-refractivity contribution < 1.29 is 24.9 Å². The smallest absolute Gasteiger partial charge is 0.320 e. The van der Waals surface area contributed by atoms with Gasteiger partial charge >= 0.3 is 5.97 Å².